The average Bonchev–Trinajstić information content (AvgIpc) is 3.46. The van der Waals surface area contributed by atoms with E-state index in [1.807, 2.05) is 79.5 Å². The molecule has 168 valence electrons. The summed E-state index contributed by atoms with van der Waals surface area (Å²) in [6.45, 7) is 3.46. The second-order valence-corrected chi connectivity index (χ2v) is 8.69. The van der Waals surface area contributed by atoms with Gasteiger partial charge >= 0.3 is 0 Å². The number of carbonyl (C=O) groups excluding carboxylic acids is 1. The van der Waals surface area contributed by atoms with Crippen LogP contribution in [-0.4, -0.2) is 43.8 Å². The molecule has 1 fully saturated rings. The maximum atomic E-state index is 13.3. The lowest BCUT2D eigenvalue weighted by Crippen LogP contribution is -2.41. The van der Waals surface area contributed by atoms with E-state index in [4.69, 9.17) is 4.52 Å². The molecule has 2 aromatic carbocycles. The zero-order valence-electron chi connectivity index (χ0n) is 18.9. The first-order valence-corrected chi connectivity index (χ1v) is 11.4. The van der Waals surface area contributed by atoms with Gasteiger partial charge in [0, 0.05) is 37.7 Å². The second kappa shape index (κ2) is 9.02. The third-order valence-electron chi connectivity index (χ3n) is 6.29. The zero-order valence-corrected chi connectivity index (χ0v) is 18.9. The molecule has 7 nitrogen and oxygen atoms in total. The molecule has 1 atom stereocenters. The van der Waals surface area contributed by atoms with Gasteiger partial charge in [0.15, 0.2) is 0 Å². The van der Waals surface area contributed by atoms with Gasteiger partial charge in [0.2, 0.25) is 11.7 Å². The van der Waals surface area contributed by atoms with Crippen molar-refractivity contribution in [1.29, 1.82) is 0 Å². The Labute approximate surface area is 193 Å². The van der Waals surface area contributed by atoms with Crippen LogP contribution in [-0.2, 0) is 13.5 Å². The Kier molecular flexibility index (Phi) is 5.77. The molecule has 7 heteroatoms. The summed E-state index contributed by atoms with van der Waals surface area (Å²) >= 11 is 0. The SMILES string of the molecule is Cc1ccccc1-c1noc(C[C@@H]2CCCN(C(=O)c3cc(-c4ccccc4)nn3C)C2)n1. The summed E-state index contributed by atoms with van der Waals surface area (Å²) in [7, 11) is 1.83. The van der Waals surface area contributed by atoms with Crippen LogP contribution in [0.4, 0.5) is 0 Å². The Morgan fingerprint density at radius 1 is 1.12 bits per heavy atom. The number of amides is 1. The summed E-state index contributed by atoms with van der Waals surface area (Å²) in [5.41, 5.74) is 4.52. The summed E-state index contributed by atoms with van der Waals surface area (Å²) < 4.78 is 7.23. The highest BCUT2D eigenvalue weighted by atomic mass is 16.5. The van der Waals surface area contributed by atoms with E-state index in [1.54, 1.807) is 4.68 Å². The highest BCUT2D eigenvalue weighted by Crippen LogP contribution is 2.25. The molecule has 0 spiro atoms. The Bertz CT molecular complexity index is 1260. The molecule has 5 rings (SSSR count). The van der Waals surface area contributed by atoms with E-state index in [0.717, 1.165) is 41.8 Å². The maximum absolute atomic E-state index is 13.3. The number of piperidine rings is 1. The van der Waals surface area contributed by atoms with Crippen molar-refractivity contribution in [1.82, 2.24) is 24.8 Å². The van der Waals surface area contributed by atoms with Crippen molar-refractivity contribution >= 4 is 5.91 Å². The van der Waals surface area contributed by atoms with Crippen LogP contribution in [0.5, 0.6) is 0 Å². The molecule has 1 aliphatic rings. The minimum atomic E-state index is 0.0167. The Balaban J connectivity index is 1.27. The lowest BCUT2D eigenvalue weighted by Gasteiger charge is -2.32. The van der Waals surface area contributed by atoms with E-state index in [1.165, 1.54) is 0 Å². The van der Waals surface area contributed by atoms with Crippen molar-refractivity contribution in [2.24, 2.45) is 13.0 Å². The molecule has 0 bridgehead atoms. The third kappa shape index (κ3) is 4.44. The van der Waals surface area contributed by atoms with E-state index < -0.39 is 0 Å². The molecule has 0 N–H and O–H groups in total. The van der Waals surface area contributed by atoms with E-state index in [9.17, 15) is 4.79 Å². The smallest absolute Gasteiger partial charge is 0.272 e. The maximum Gasteiger partial charge on any atom is 0.272 e. The van der Waals surface area contributed by atoms with Crippen LogP contribution in [0, 0.1) is 12.8 Å². The van der Waals surface area contributed by atoms with Crippen molar-refractivity contribution in [2.75, 3.05) is 13.1 Å². The first kappa shape index (κ1) is 21.1. The Morgan fingerprint density at radius 2 is 1.91 bits per heavy atom. The minimum Gasteiger partial charge on any atom is -0.339 e. The first-order valence-electron chi connectivity index (χ1n) is 11.4. The van der Waals surface area contributed by atoms with Crippen LogP contribution in [0.3, 0.4) is 0 Å². The summed E-state index contributed by atoms with van der Waals surface area (Å²) in [6, 6.07) is 19.8. The number of likely N-dealkylation sites (tertiary alicyclic amines) is 1. The van der Waals surface area contributed by atoms with Gasteiger partial charge in [0.25, 0.3) is 5.91 Å². The molecule has 1 aliphatic heterocycles. The third-order valence-corrected chi connectivity index (χ3v) is 6.29. The minimum absolute atomic E-state index is 0.0167. The van der Waals surface area contributed by atoms with Gasteiger partial charge in [-0.3, -0.25) is 9.48 Å². The van der Waals surface area contributed by atoms with Crippen LogP contribution in [0.25, 0.3) is 22.6 Å². The fraction of sp³-hybridized carbons (Fsp3) is 0.308. The van der Waals surface area contributed by atoms with Gasteiger partial charge in [0.05, 0.1) is 5.69 Å². The van der Waals surface area contributed by atoms with Crippen molar-refractivity contribution < 1.29 is 9.32 Å². The van der Waals surface area contributed by atoms with Gasteiger partial charge in [0.1, 0.15) is 5.69 Å². The molecular weight excluding hydrogens is 414 g/mol. The fourth-order valence-electron chi connectivity index (χ4n) is 4.51. The predicted molar refractivity (Wildman–Crippen MR) is 125 cm³/mol. The van der Waals surface area contributed by atoms with Gasteiger partial charge in [-0.05, 0) is 37.3 Å². The van der Waals surface area contributed by atoms with Crippen LogP contribution >= 0.6 is 0 Å². The van der Waals surface area contributed by atoms with Crippen LogP contribution in [0.2, 0.25) is 0 Å². The number of aromatic nitrogens is 4. The molecule has 1 saturated heterocycles. The number of rotatable bonds is 5. The molecule has 4 aromatic rings. The lowest BCUT2D eigenvalue weighted by atomic mass is 9.94. The van der Waals surface area contributed by atoms with E-state index in [2.05, 4.69) is 15.2 Å². The molecule has 0 radical (unpaired) electrons. The monoisotopic (exact) mass is 441 g/mol. The lowest BCUT2D eigenvalue weighted by molar-refractivity contribution is 0.0657. The molecular formula is C26H27N5O2. The zero-order chi connectivity index (χ0) is 22.8. The standard InChI is InChI=1S/C26H27N5O2/c1-18-9-6-7-13-21(18)25-27-24(33-29-25)15-19-10-8-14-31(17-19)26(32)23-16-22(28-30(23)2)20-11-4-3-5-12-20/h3-7,9,11-13,16,19H,8,10,14-15,17H2,1-2H3/t19-/m0/s1. The molecule has 0 aliphatic carbocycles. The Hall–Kier alpha value is -3.74. The number of aryl methyl sites for hydroxylation is 2. The first-order chi connectivity index (χ1) is 16.1. The summed E-state index contributed by atoms with van der Waals surface area (Å²) in [4.78, 5) is 19.9. The highest BCUT2D eigenvalue weighted by molar-refractivity contribution is 5.93. The summed E-state index contributed by atoms with van der Waals surface area (Å²) in [5, 5.41) is 8.74. The van der Waals surface area contributed by atoms with Gasteiger partial charge in [-0.25, -0.2) is 0 Å². The summed E-state index contributed by atoms with van der Waals surface area (Å²) in [6.07, 6.45) is 2.66. The van der Waals surface area contributed by atoms with Crippen LogP contribution in [0.1, 0.15) is 34.8 Å². The predicted octanol–water partition coefficient (Wildman–Crippen LogP) is 4.54. The van der Waals surface area contributed by atoms with Gasteiger partial charge < -0.3 is 9.42 Å². The van der Waals surface area contributed by atoms with E-state index in [-0.39, 0.29) is 11.8 Å². The number of nitrogens with zero attached hydrogens (tertiary/aromatic N) is 5. The largest absolute Gasteiger partial charge is 0.339 e. The van der Waals surface area contributed by atoms with Gasteiger partial charge in [-0.15, -0.1) is 0 Å². The van der Waals surface area contributed by atoms with Crippen molar-refractivity contribution in [3.63, 3.8) is 0 Å². The number of carbonyl (C=O) groups is 1. The molecule has 0 unspecified atom stereocenters. The molecule has 2 aromatic heterocycles. The molecule has 1 amide bonds. The topological polar surface area (TPSA) is 77.0 Å². The van der Waals surface area contributed by atoms with Gasteiger partial charge in [-0.1, -0.05) is 59.8 Å². The fourth-order valence-corrected chi connectivity index (χ4v) is 4.51. The molecule has 33 heavy (non-hydrogen) atoms. The van der Waals surface area contributed by atoms with Crippen molar-refractivity contribution in [3.05, 3.63) is 77.8 Å². The molecule has 0 saturated carbocycles. The normalized spacial score (nSPS) is 16.2. The number of hydrogen-bond donors (Lipinski definition) is 0. The average molecular weight is 442 g/mol. The number of benzene rings is 2. The highest BCUT2D eigenvalue weighted by Gasteiger charge is 2.28. The summed E-state index contributed by atoms with van der Waals surface area (Å²) in [5.74, 6) is 1.55. The second-order valence-electron chi connectivity index (χ2n) is 8.69. The van der Waals surface area contributed by atoms with Gasteiger partial charge in [-0.2, -0.15) is 10.1 Å². The van der Waals surface area contributed by atoms with Crippen LogP contribution < -0.4 is 0 Å². The van der Waals surface area contributed by atoms with Crippen molar-refractivity contribution in [2.45, 2.75) is 26.2 Å². The van der Waals surface area contributed by atoms with Crippen molar-refractivity contribution in [3.8, 4) is 22.6 Å². The quantitative estimate of drug-likeness (QED) is 0.454. The van der Waals surface area contributed by atoms with E-state index in [0.29, 0.717) is 30.4 Å². The molecule has 3 heterocycles. The van der Waals surface area contributed by atoms with Crippen LogP contribution in [0.15, 0.2) is 65.2 Å². The van der Waals surface area contributed by atoms with E-state index >= 15 is 0 Å². The Morgan fingerprint density at radius 3 is 2.73 bits per heavy atom. The number of hydrogen-bond acceptors (Lipinski definition) is 5.